The number of hydrogen-bond donors (Lipinski definition) is 5. The fourth-order valence-corrected chi connectivity index (χ4v) is 3.78. The molecule has 0 saturated carbocycles. The van der Waals surface area contributed by atoms with E-state index in [2.05, 4.69) is 40.2 Å². The zero-order chi connectivity index (χ0) is 24.2. The van der Waals surface area contributed by atoms with E-state index in [0.717, 1.165) is 23.1 Å². The van der Waals surface area contributed by atoms with Crippen LogP contribution < -0.4 is 27.4 Å². The highest BCUT2D eigenvalue weighted by atomic mass is 16.2. The van der Waals surface area contributed by atoms with Crippen LogP contribution in [0.25, 0.3) is 0 Å². The number of nitrogens with two attached hydrogens (primary N) is 2. The van der Waals surface area contributed by atoms with Crippen molar-refractivity contribution in [3.8, 4) is 0 Å². The Morgan fingerprint density at radius 2 is 1.41 bits per heavy atom. The lowest BCUT2D eigenvalue weighted by molar-refractivity contribution is -0.120. The molecule has 0 aliphatic carbocycles. The molecule has 0 radical (unpaired) electrons. The van der Waals surface area contributed by atoms with E-state index in [0.29, 0.717) is 31.7 Å². The summed E-state index contributed by atoms with van der Waals surface area (Å²) in [4.78, 5) is 24.1. The van der Waals surface area contributed by atoms with Crippen LogP contribution in [0.15, 0.2) is 84.9 Å². The molecule has 0 aromatic heterocycles. The van der Waals surface area contributed by atoms with E-state index in [-0.39, 0.29) is 17.9 Å². The molecule has 34 heavy (non-hydrogen) atoms. The number of benzene rings is 3. The SMILES string of the molecule is NCCC[C@H](NCc1ccc(NC(=O)NCC(c2ccccc2)c2ccccc2)cc1)C(N)=O. The second-order valence-electron chi connectivity index (χ2n) is 8.17. The molecule has 178 valence electrons. The molecule has 7 nitrogen and oxygen atoms in total. The largest absolute Gasteiger partial charge is 0.368 e. The van der Waals surface area contributed by atoms with E-state index in [9.17, 15) is 9.59 Å². The molecular weight excluding hydrogens is 426 g/mol. The summed E-state index contributed by atoms with van der Waals surface area (Å²) in [6.45, 7) is 1.49. The Kier molecular flexibility index (Phi) is 9.64. The van der Waals surface area contributed by atoms with Gasteiger partial charge in [0.25, 0.3) is 0 Å². The molecule has 0 bridgehead atoms. The van der Waals surface area contributed by atoms with Gasteiger partial charge in [0.1, 0.15) is 0 Å². The standard InChI is InChI=1S/C27H33N5O2/c28-17-7-12-25(26(29)33)30-18-20-13-15-23(16-14-20)32-27(34)31-19-24(21-8-3-1-4-9-21)22-10-5-2-6-11-22/h1-6,8-11,13-16,24-25,30H,7,12,17-19,28H2,(H2,29,33)(H2,31,32,34)/t25-/m0/s1. The van der Waals surface area contributed by atoms with Crippen LogP contribution >= 0.6 is 0 Å². The molecule has 0 fully saturated rings. The molecule has 0 aliphatic rings. The van der Waals surface area contributed by atoms with Crippen molar-refractivity contribution < 1.29 is 9.59 Å². The highest BCUT2D eigenvalue weighted by molar-refractivity contribution is 5.89. The van der Waals surface area contributed by atoms with E-state index < -0.39 is 6.04 Å². The van der Waals surface area contributed by atoms with Crippen LogP contribution in [-0.2, 0) is 11.3 Å². The van der Waals surface area contributed by atoms with Gasteiger partial charge in [0.05, 0.1) is 6.04 Å². The van der Waals surface area contributed by atoms with Crippen molar-refractivity contribution in [2.75, 3.05) is 18.4 Å². The first-order valence-corrected chi connectivity index (χ1v) is 11.5. The van der Waals surface area contributed by atoms with E-state index >= 15 is 0 Å². The van der Waals surface area contributed by atoms with Gasteiger partial charge in [0.2, 0.25) is 5.91 Å². The third-order valence-electron chi connectivity index (χ3n) is 5.68. The van der Waals surface area contributed by atoms with Crippen molar-refractivity contribution in [1.29, 1.82) is 0 Å². The van der Waals surface area contributed by atoms with E-state index in [4.69, 9.17) is 11.5 Å². The summed E-state index contributed by atoms with van der Waals surface area (Å²) < 4.78 is 0. The minimum Gasteiger partial charge on any atom is -0.368 e. The van der Waals surface area contributed by atoms with Gasteiger partial charge in [-0.1, -0.05) is 72.8 Å². The summed E-state index contributed by atoms with van der Waals surface area (Å²) in [5, 5.41) is 9.04. The maximum absolute atomic E-state index is 12.6. The van der Waals surface area contributed by atoms with Gasteiger partial charge in [-0.3, -0.25) is 4.79 Å². The third kappa shape index (κ3) is 7.72. The Bertz CT molecular complexity index is 986. The molecule has 0 spiro atoms. The number of nitrogens with one attached hydrogen (secondary N) is 3. The molecule has 0 saturated heterocycles. The predicted octanol–water partition coefficient (Wildman–Crippen LogP) is 3.32. The monoisotopic (exact) mass is 459 g/mol. The zero-order valence-electron chi connectivity index (χ0n) is 19.2. The van der Waals surface area contributed by atoms with Gasteiger partial charge in [-0.25, -0.2) is 4.79 Å². The van der Waals surface area contributed by atoms with Crippen molar-refractivity contribution in [1.82, 2.24) is 10.6 Å². The summed E-state index contributed by atoms with van der Waals surface area (Å²) in [5.74, 6) is -0.327. The van der Waals surface area contributed by atoms with Gasteiger partial charge in [0.15, 0.2) is 0 Å². The first kappa shape index (κ1) is 25.0. The van der Waals surface area contributed by atoms with Crippen molar-refractivity contribution in [2.45, 2.75) is 31.3 Å². The van der Waals surface area contributed by atoms with Crippen LogP contribution in [0, 0.1) is 0 Å². The van der Waals surface area contributed by atoms with Gasteiger partial charge in [-0.2, -0.15) is 0 Å². The maximum Gasteiger partial charge on any atom is 0.319 e. The van der Waals surface area contributed by atoms with Gasteiger partial charge in [-0.05, 0) is 48.2 Å². The highest BCUT2D eigenvalue weighted by Crippen LogP contribution is 2.23. The summed E-state index contributed by atoms with van der Waals surface area (Å²) in [7, 11) is 0. The normalized spacial score (nSPS) is 11.7. The van der Waals surface area contributed by atoms with E-state index in [1.54, 1.807) is 0 Å². The van der Waals surface area contributed by atoms with Crippen LogP contribution in [0.2, 0.25) is 0 Å². The Labute approximate surface area is 200 Å². The number of carbonyl (C=O) groups is 2. The lowest BCUT2D eigenvalue weighted by Crippen LogP contribution is -2.41. The first-order chi connectivity index (χ1) is 16.6. The molecule has 7 N–H and O–H groups in total. The number of amides is 3. The van der Waals surface area contributed by atoms with Gasteiger partial charge in [-0.15, -0.1) is 0 Å². The van der Waals surface area contributed by atoms with Crippen LogP contribution in [-0.4, -0.2) is 31.1 Å². The van der Waals surface area contributed by atoms with Gasteiger partial charge < -0.3 is 27.4 Å². The average molecular weight is 460 g/mol. The number of carbonyl (C=O) groups excluding carboxylic acids is 2. The Morgan fingerprint density at radius 1 is 0.824 bits per heavy atom. The lowest BCUT2D eigenvalue weighted by Gasteiger charge is -2.19. The molecular formula is C27H33N5O2. The Morgan fingerprint density at radius 3 is 1.94 bits per heavy atom. The van der Waals surface area contributed by atoms with Crippen molar-refractivity contribution in [3.63, 3.8) is 0 Å². The van der Waals surface area contributed by atoms with E-state index in [1.165, 1.54) is 0 Å². The third-order valence-corrected chi connectivity index (χ3v) is 5.68. The van der Waals surface area contributed by atoms with Crippen molar-refractivity contribution in [2.24, 2.45) is 11.5 Å². The molecule has 0 unspecified atom stereocenters. The predicted molar refractivity (Wildman–Crippen MR) is 136 cm³/mol. The molecule has 0 aliphatic heterocycles. The first-order valence-electron chi connectivity index (χ1n) is 11.5. The average Bonchev–Trinajstić information content (AvgIpc) is 2.86. The van der Waals surface area contributed by atoms with Crippen LogP contribution in [0.3, 0.4) is 0 Å². The van der Waals surface area contributed by atoms with E-state index in [1.807, 2.05) is 60.7 Å². The molecule has 1 atom stereocenters. The van der Waals surface area contributed by atoms with Gasteiger partial charge >= 0.3 is 6.03 Å². The lowest BCUT2D eigenvalue weighted by atomic mass is 9.91. The fraction of sp³-hybridized carbons (Fsp3) is 0.259. The Hall–Kier alpha value is -3.68. The minimum atomic E-state index is -0.408. The summed E-state index contributed by atoms with van der Waals surface area (Å²) >= 11 is 0. The van der Waals surface area contributed by atoms with Crippen molar-refractivity contribution in [3.05, 3.63) is 102 Å². The van der Waals surface area contributed by atoms with Crippen LogP contribution in [0.5, 0.6) is 0 Å². The number of hydrogen-bond acceptors (Lipinski definition) is 4. The molecule has 0 heterocycles. The molecule has 7 heteroatoms. The number of primary amides is 1. The fourth-order valence-electron chi connectivity index (χ4n) is 3.78. The quantitative estimate of drug-likeness (QED) is 0.285. The highest BCUT2D eigenvalue weighted by Gasteiger charge is 2.16. The Balaban J connectivity index is 1.53. The van der Waals surface area contributed by atoms with Crippen molar-refractivity contribution >= 4 is 17.6 Å². The molecule has 3 rings (SSSR count). The number of anilines is 1. The number of rotatable bonds is 12. The summed E-state index contributed by atoms with van der Waals surface area (Å²) in [5.41, 5.74) is 14.9. The second kappa shape index (κ2) is 13.1. The smallest absolute Gasteiger partial charge is 0.319 e. The second-order valence-corrected chi connectivity index (χ2v) is 8.17. The molecule has 3 aromatic carbocycles. The molecule has 3 aromatic rings. The van der Waals surface area contributed by atoms with Crippen LogP contribution in [0.1, 0.15) is 35.4 Å². The summed E-state index contributed by atoms with van der Waals surface area (Å²) in [6, 6.07) is 27.1. The van der Waals surface area contributed by atoms with Gasteiger partial charge in [0, 0.05) is 24.7 Å². The molecule has 3 amide bonds. The zero-order valence-corrected chi connectivity index (χ0v) is 19.2. The maximum atomic E-state index is 12.6. The van der Waals surface area contributed by atoms with Crippen LogP contribution in [0.4, 0.5) is 10.5 Å². The summed E-state index contributed by atoms with van der Waals surface area (Å²) in [6.07, 6.45) is 1.34. The minimum absolute atomic E-state index is 0.0547. The topological polar surface area (TPSA) is 122 Å². The number of urea groups is 1.